The van der Waals surface area contributed by atoms with Crippen molar-refractivity contribution in [3.05, 3.63) is 11.7 Å². The van der Waals surface area contributed by atoms with Gasteiger partial charge in [-0.1, -0.05) is 11.6 Å². The van der Waals surface area contributed by atoms with Gasteiger partial charge in [-0.25, -0.2) is 0 Å². The number of nitrogens with zero attached hydrogens (tertiary/aromatic N) is 2. The van der Waals surface area contributed by atoms with Crippen LogP contribution in [0.15, 0.2) is 4.52 Å². The van der Waals surface area contributed by atoms with Crippen LogP contribution in [0.25, 0.3) is 0 Å². The first-order valence-electron chi connectivity index (χ1n) is 4.90. The van der Waals surface area contributed by atoms with Gasteiger partial charge in [-0.05, 0) is 25.5 Å². The molecule has 1 aromatic heterocycles. The number of aliphatic hydroxyl groups excluding tert-OH is 1. The van der Waals surface area contributed by atoms with Gasteiger partial charge < -0.3 is 9.63 Å². The van der Waals surface area contributed by atoms with Crippen molar-refractivity contribution in [3.63, 3.8) is 0 Å². The lowest BCUT2D eigenvalue weighted by atomic mass is 10.2. The molecule has 2 unspecified atom stereocenters. The molecule has 2 rings (SSSR count). The highest BCUT2D eigenvalue weighted by Gasteiger charge is 2.22. The van der Waals surface area contributed by atoms with E-state index in [1.165, 1.54) is 12.8 Å². The van der Waals surface area contributed by atoms with Gasteiger partial charge in [0.25, 0.3) is 0 Å². The molecule has 2 atom stereocenters. The van der Waals surface area contributed by atoms with Crippen LogP contribution < -0.4 is 0 Å². The van der Waals surface area contributed by atoms with Gasteiger partial charge in [-0.15, -0.1) is 11.8 Å². The Morgan fingerprint density at radius 3 is 3.00 bits per heavy atom. The van der Waals surface area contributed by atoms with Crippen molar-refractivity contribution in [1.82, 2.24) is 10.1 Å². The summed E-state index contributed by atoms with van der Waals surface area (Å²) in [4.78, 5) is 4.18. The fourth-order valence-corrected chi connectivity index (χ4v) is 2.71. The lowest BCUT2D eigenvalue weighted by Gasteiger charge is -2.16. The maximum absolute atomic E-state index is 9.24. The van der Waals surface area contributed by atoms with Gasteiger partial charge in [0.05, 0.1) is 5.25 Å². The van der Waals surface area contributed by atoms with Crippen molar-refractivity contribution < 1.29 is 9.63 Å². The minimum atomic E-state index is -0.638. The molecule has 1 aromatic rings. The third kappa shape index (κ3) is 2.09. The van der Waals surface area contributed by atoms with Gasteiger partial charge in [0.1, 0.15) is 6.10 Å². The van der Waals surface area contributed by atoms with Crippen LogP contribution in [-0.2, 0) is 0 Å². The summed E-state index contributed by atoms with van der Waals surface area (Å²) in [6, 6.07) is 0. The van der Waals surface area contributed by atoms with E-state index >= 15 is 0 Å². The van der Waals surface area contributed by atoms with Gasteiger partial charge in [-0.3, -0.25) is 0 Å². The van der Waals surface area contributed by atoms with E-state index in [4.69, 9.17) is 4.52 Å². The molecule has 1 N–H and O–H groups in total. The largest absolute Gasteiger partial charge is 0.385 e. The Labute approximate surface area is 87.1 Å². The summed E-state index contributed by atoms with van der Waals surface area (Å²) in [5.74, 6) is 2.23. The molecule has 0 aliphatic carbocycles. The van der Waals surface area contributed by atoms with Crippen LogP contribution in [0.2, 0.25) is 0 Å². The summed E-state index contributed by atoms with van der Waals surface area (Å²) in [5.41, 5.74) is 0. The topological polar surface area (TPSA) is 59.2 Å². The highest BCUT2D eigenvalue weighted by Crippen LogP contribution is 2.37. The average molecular weight is 214 g/mol. The molecule has 0 bridgehead atoms. The Hall–Kier alpha value is -0.550. The molecule has 5 heteroatoms. The summed E-state index contributed by atoms with van der Waals surface area (Å²) in [5, 5.41) is 13.3. The molecule has 4 nitrogen and oxygen atoms in total. The molecular formula is C9H14N2O2S. The lowest BCUT2D eigenvalue weighted by Crippen LogP contribution is -2.03. The van der Waals surface area contributed by atoms with Crippen molar-refractivity contribution in [3.8, 4) is 0 Å². The first-order chi connectivity index (χ1) is 6.77. The molecule has 1 fully saturated rings. The van der Waals surface area contributed by atoms with Crippen LogP contribution >= 0.6 is 11.8 Å². The standard InChI is InChI=1S/C9H14N2O2S/c1-6(12)8-10-9(13-11-8)7-4-2-3-5-14-7/h6-7,12H,2-5H2,1H3. The van der Waals surface area contributed by atoms with Gasteiger partial charge >= 0.3 is 0 Å². The Morgan fingerprint density at radius 2 is 2.43 bits per heavy atom. The Balaban J connectivity index is 2.07. The zero-order chi connectivity index (χ0) is 9.97. The van der Waals surface area contributed by atoms with E-state index in [9.17, 15) is 5.11 Å². The van der Waals surface area contributed by atoms with E-state index < -0.39 is 6.10 Å². The molecule has 0 amide bonds. The second kappa shape index (κ2) is 4.31. The smallest absolute Gasteiger partial charge is 0.239 e. The molecular weight excluding hydrogens is 200 g/mol. The number of aliphatic hydroxyl groups is 1. The fourth-order valence-electron chi connectivity index (χ4n) is 1.48. The Kier molecular flexibility index (Phi) is 3.08. The summed E-state index contributed by atoms with van der Waals surface area (Å²) < 4.78 is 5.12. The van der Waals surface area contributed by atoms with E-state index in [2.05, 4.69) is 10.1 Å². The molecule has 2 heterocycles. The average Bonchev–Trinajstić information content (AvgIpc) is 2.68. The Morgan fingerprint density at radius 1 is 1.57 bits per heavy atom. The quantitative estimate of drug-likeness (QED) is 0.816. The summed E-state index contributed by atoms with van der Waals surface area (Å²) in [6.45, 7) is 1.64. The van der Waals surface area contributed by atoms with Crippen LogP contribution in [0.1, 0.15) is 49.3 Å². The molecule has 0 spiro atoms. The van der Waals surface area contributed by atoms with E-state index in [-0.39, 0.29) is 0 Å². The summed E-state index contributed by atoms with van der Waals surface area (Å²) in [6.07, 6.45) is 2.97. The molecule has 1 aliphatic heterocycles. The predicted molar refractivity (Wildman–Crippen MR) is 54.0 cm³/mol. The van der Waals surface area contributed by atoms with Gasteiger partial charge in [-0.2, -0.15) is 4.98 Å². The van der Waals surface area contributed by atoms with Gasteiger partial charge in [0.15, 0.2) is 5.82 Å². The van der Waals surface area contributed by atoms with Gasteiger partial charge in [0.2, 0.25) is 5.89 Å². The molecule has 0 radical (unpaired) electrons. The SMILES string of the molecule is CC(O)c1noc(C2CCCCS2)n1. The minimum absolute atomic E-state index is 0.337. The maximum Gasteiger partial charge on any atom is 0.239 e. The molecule has 78 valence electrons. The second-order valence-electron chi connectivity index (χ2n) is 3.52. The first kappa shape index (κ1) is 9.98. The highest BCUT2D eigenvalue weighted by atomic mass is 32.2. The monoisotopic (exact) mass is 214 g/mol. The summed E-state index contributed by atoms with van der Waals surface area (Å²) >= 11 is 1.86. The molecule has 14 heavy (non-hydrogen) atoms. The lowest BCUT2D eigenvalue weighted by molar-refractivity contribution is 0.184. The first-order valence-corrected chi connectivity index (χ1v) is 5.95. The number of aromatic nitrogens is 2. The van der Waals surface area contributed by atoms with Crippen molar-refractivity contribution in [2.24, 2.45) is 0 Å². The van der Waals surface area contributed by atoms with Crippen LogP contribution in [-0.4, -0.2) is 21.0 Å². The van der Waals surface area contributed by atoms with Crippen LogP contribution in [0.5, 0.6) is 0 Å². The van der Waals surface area contributed by atoms with E-state index in [0.29, 0.717) is 17.0 Å². The molecule has 1 saturated heterocycles. The van der Waals surface area contributed by atoms with Crippen LogP contribution in [0.4, 0.5) is 0 Å². The summed E-state index contributed by atoms with van der Waals surface area (Å²) in [7, 11) is 0. The van der Waals surface area contributed by atoms with E-state index in [0.717, 1.165) is 12.2 Å². The molecule has 0 saturated carbocycles. The maximum atomic E-state index is 9.24. The van der Waals surface area contributed by atoms with Crippen LogP contribution in [0.3, 0.4) is 0 Å². The molecule has 0 aromatic carbocycles. The fraction of sp³-hybridized carbons (Fsp3) is 0.778. The zero-order valence-corrected chi connectivity index (χ0v) is 8.96. The minimum Gasteiger partial charge on any atom is -0.385 e. The number of thioether (sulfide) groups is 1. The number of hydrogen-bond acceptors (Lipinski definition) is 5. The number of rotatable bonds is 2. The van der Waals surface area contributed by atoms with Crippen molar-refractivity contribution in [1.29, 1.82) is 0 Å². The molecule has 1 aliphatic rings. The van der Waals surface area contributed by atoms with Crippen LogP contribution in [0, 0.1) is 0 Å². The predicted octanol–water partition coefficient (Wildman–Crippen LogP) is 2.08. The zero-order valence-electron chi connectivity index (χ0n) is 8.14. The van der Waals surface area contributed by atoms with E-state index in [1.54, 1.807) is 6.92 Å². The third-order valence-electron chi connectivity index (χ3n) is 2.29. The van der Waals surface area contributed by atoms with Crippen molar-refractivity contribution >= 4 is 11.8 Å². The van der Waals surface area contributed by atoms with Crippen molar-refractivity contribution in [2.45, 2.75) is 37.5 Å². The van der Waals surface area contributed by atoms with Gasteiger partial charge in [0, 0.05) is 0 Å². The highest BCUT2D eigenvalue weighted by molar-refractivity contribution is 7.99. The van der Waals surface area contributed by atoms with Crippen molar-refractivity contribution in [2.75, 3.05) is 5.75 Å². The second-order valence-corrected chi connectivity index (χ2v) is 4.83. The van der Waals surface area contributed by atoms with E-state index in [1.807, 2.05) is 11.8 Å². The normalized spacial score (nSPS) is 24.9. The Bertz CT molecular complexity index is 295. The number of hydrogen-bond donors (Lipinski definition) is 1. The third-order valence-corrected chi connectivity index (χ3v) is 3.65.